The largest absolute Gasteiger partial charge is 0.249 e. The lowest BCUT2D eigenvalue weighted by molar-refractivity contribution is 0.521. The van der Waals surface area contributed by atoms with Crippen molar-refractivity contribution in [3.05, 3.63) is 0 Å². The van der Waals surface area contributed by atoms with E-state index in [2.05, 4.69) is 0 Å². The Morgan fingerprint density at radius 1 is 1.67 bits per heavy atom. The van der Waals surface area contributed by atoms with Crippen molar-refractivity contribution in [2.75, 3.05) is 11.8 Å². The van der Waals surface area contributed by atoms with Gasteiger partial charge in [0.15, 0.2) is 0 Å². The molecule has 0 atom stereocenters. The maximum Gasteiger partial charge on any atom is 0.110 e. The molecule has 0 unspecified atom stereocenters. The van der Waals surface area contributed by atoms with Gasteiger partial charge in [-0.05, 0) is 0 Å². The smallest absolute Gasteiger partial charge is 0.110 e. The zero-order valence-corrected chi connectivity index (χ0v) is 4.82. The number of rotatable bonds is 1. The molecule has 0 N–H and O–H groups in total. The van der Waals surface area contributed by atoms with Gasteiger partial charge in [0.25, 0.3) is 0 Å². The van der Waals surface area contributed by atoms with Gasteiger partial charge in [-0.15, -0.1) is 23.5 Å². The first-order chi connectivity index (χ1) is 2.93. The molecule has 0 nitrogen and oxygen atoms in total. The van der Waals surface area contributed by atoms with Gasteiger partial charge in [-0.2, -0.15) is 0 Å². The predicted octanol–water partition coefficient (Wildman–Crippen LogP) is 1.72. The molecule has 0 aliphatic carbocycles. The Labute approximate surface area is 44.9 Å². The fourth-order valence-corrected chi connectivity index (χ4v) is 1.75. The number of thioether (sulfide) groups is 2. The molecule has 0 aromatic carbocycles. The van der Waals surface area contributed by atoms with Crippen LogP contribution in [0.25, 0.3) is 0 Å². The molecule has 1 heterocycles. The molecule has 0 amide bonds. The molecule has 1 aliphatic rings. The first-order valence-corrected chi connectivity index (χ1v) is 3.82. The van der Waals surface area contributed by atoms with Crippen LogP contribution in [0.2, 0.25) is 0 Å². The third kappa shape index (κ3) is 0.819. The van der Waals surface area contributed by atoms with Crippen LogP contribution in [0, 0.1) is 0 Å². The first-order valence-electron chi connectivity index (χ1n) is 1.72. The molecule has 36 valence electrons. The van der Waals surface area contributed by atoms with Crippen molar-refractivity contribution in [3.8, 4) is 0 Å². The van der Waals surface area contributed by atoms with Gasteiger partial charge in [0, 0.05) is 5.08 Å². The van der Waals surface area contributed by atoms with E-state index in [4.69, 9.17) is 0 Å². The van der Waals surface area contributed by atoms with Crippen molar-refractivity contribution in [1.82, 2.24) is 0 Å². The summed E-state index contributed by atoms with van der Waals surface area (Å²) >= 11 is 3.39. The Bertz CT molecular complexity index is 41.3. The standard InChI is InChI=1S/C3H5FS2/c4-1-3-5-2-6-3/h3H,1-2H2. The fourth-order valence-electron chi connectivity index (χ4n) is 0.253. The minimum absolute atomic E-state index is 0.157. The summed E-state index contributed by atoms with van der Waals surface area (Å²) in [5.74, 6) is 0. The van der Waals surface area contributed by atoms with Crippen LogP contribution < -0.4 is 0 Å². The van der Waals surface area contributed by atoms with E-state index >= 15 is 0 Å². The molecule has 3 heteroatoms. The molecule has 1 rings (SSSR count). The molecule has 0 radical (unpaired) electrons. The predicted molar refractivity (Wildman–Crippen MR) is 29.8 cm³/mol. The molecule has 0 bridgehead atoms. The Balaban J connectivity index is 2.01. The lowest BCUT2D eigenvalue weighted by Crippen LogP contribution is -2.08. The lowest BCUT2D eigenvalue weighted by atomic mass is 10.9. The minimum atomic E-state index is -0.157. The molecule has 0 aromatic heterocycles. The Morgan fingerprint density at radius 3 is 2.33 bits per heavy atom. The van der Waals surface area contributed by atoms with Crippen LogP contribution in [0.4, 0.5) is 4.39 Å². The molecule has 0 spiro atoms. The average molecular weight is 124 g/mol. The molecule has 1 aliphatic heterocycles. The molecule has 1 fully saturated rings. The summed E-state index contributed by atoms with van der Waals surface area (Å²) < 4.78 is 11.7. The third-order valence-corrected chi connectivity index (χ3v) is 3.53. The summed E-state index contributed by atoms with van der Waals surface area (Å²) in [6, 6.07) is 0. The van der Waals surface area contributed by atoms with Gasteiger partial charge in [-0.25, -0.2) is 4.39 Å². The second-order valence-electron chi connectivity index (χ2n) is 1.04. The van der Waals surface area contributed by atoms with E-state index in [1.165, 1.54) is 0 Å². The van der Waals surface area contributed by atoms with E-state index in [9.17, 15) is 4.39 Å². The monoisotopic (exact) mass is 124 g/mol. The number of hydrogen-bond acceptors (Lipinski definition) is 2. The summed E-state index contributed by atoms with van der Waals surface area (Å²) in [5, 5.41) is 1.09. The number of halogens is 1. The van der Waals surface area contributed by atoms with E-state index in [0.717, 1.165) is 5.08 Å². The van der Waals surface area contributed by atoms with E-state index < -0.39 is 0 Å². The quantitative estimate of drug-likeness (QED) is 0.522. The van der Waals surface area contributed by atoms with Gasteiger partial charge in [0.2, 0.25) is 0 Å². The molecule has 0 aromatic rings. The van der Waals surface area contributed by atoms with Crippen LogP contribution in [0.5, 0.6) is 0 Å². The average Bonchev–Trinajstić information content (AvgIpc) is 1.31. The van der Waals surface area contributed by atoms with Gasteiger partial charge in [-0.1, -0.05) is 0 Å². The Morgan fingerprint density at radius 2 is 2.33 bits per heavy atom. The van der Waals surface area contributed by atoms with Crippen LogP contribution in [-0.2, 0) is 0 Å². The van der Waals surface area contributed by atoms with Gasteiger partial charge in [-0.3, -0.25) is 0 Å². The summed E-state index contributed by atoms with van der Waals surface area (Å²) in [6.07, 6.45) is 0. The summed E-state index contributed by atoms with van der Waals surface area (Å²) in [4.78, 5) is 0. The van der Waals surface area contributed by atoms with Crippen molar-refractivity contribution in [2.45, 2.75) is 4.58 Å². The summed E-state index contributed by atoms with van der Waals surface area (Å²) in [7, 11) is 0. The second kappa shape index (κ2) is 2.07. The SMILES string of the molecule is FCC1SCS1. The highest BCUT2D eigenvalue weighted by Crippen LogP contribution is 2.38. The van der Waals surface area contributed by atoms with E-state index in [1.807, 2.05) is 0 Å². The van der Waals surface area contributed by atoms with E-state index in [-0.39, 0.29) is 11.3 Å². The van der Waals surface area contributed by atoms with Gasteiger partial charge < -0.3 is 0 Å². The highest BCUT2D eigenvalue weighted by atomic mass is 32.3. The van der Waals surface area contributed by atoms with Crippen LogP contribution in [0.15, 0.2) is 0 Å². The van der Waals surface area contributed by atoms with Gasteiger partial charge in [0.1, 0.15) is 6.67 Å². The number of hydrogen-bond donors (Lipinski definition) is 0. The molecule has 1 saturated heterocycles. The Kier molecular flexibility index (Phi) is 1.65. The first kappa shape index (κ1) is 4.78. The van der Waals surface area contributed by atoms with Crippen molar-refractivity contribution < 1.29 is 4.39 Å². The molecule has 0 saturated carbocycles. The fraction of sp³-hybridized carbons (Fsp3) is 1.00. The molecule has 6 heavy (non-hydrogen) atoms. The number of alkyl halides is 1. The van der Waals surface area contributed by atoms with Crippen LogP contribution >= 0.6 is 23.5 Å². The Hall–Kier alpha value is 0.630. The summed E-state index contributed by atoms with van der Waals surface area (Å²) in [6.45, 7) is -0.157. The normalized spacial score (nSPS) is 23.5. The topological polar surface area (TPSA) is 0 Å². The second-order valence-corrected chi connectivity index (χ2v) is 4.08. The van der Waals surface area contributed by atoms with E-state index in [0.29, 0.717) is 0 Å². The van der Waals surface area contributed by atoms with E-state index in [1.54, 1.807) is 23.5 Å². The molecular formula is C3H5FS2. The molecular weight excluding hydrogens is 119 g/mol. The summed E-state index contributed by atoms with van der Waals surface area (Å²) in [5.41, 5.74) is 0. The maximum absolute atomic E-state index is 11.4. The van der Waals surface area contributed by atoms with Gasteiger partial charge >= 0.3 is 0 Å². The van der Waals surface area contributed by atoms with Crippen LogP contribution in [0.1, 0.15) is 0 Å². The van der Waals surface area contributed by atoms with Gasteiger partial charge in [0.05, 0.1) is 4.58 Å². The van der Waals surface area contributed by atoms with Crippen molar-refractivity contribution in [3.63, 3.8) is 0 Å². The van der Waals surface area contributed by atoms with Crippen molar-refractivity contribution in [2.24, 2.45) is 0 Å². The highest BCUT2D eigenvalue weighted by Gasteiger charge is 2.17. The lowest BCUT2D eigenvalue weighted by Gasteiger charge is -2.19. The maximum atomic E-state index is 11.4. The van der Waals surface area contributed by atoms with Crippen molar-refractivity contribution >= 4 is 23.5 Å². The van der Waals surface area contributed by atoms with Crippen molar-refractivity contribution in [1.29, 1.82) is 0 Å². The highest BCUT2D eigenvalue weighted by molar-refractivity contribution is 8.32. The van der Waals surface area contributed by atoms with Crippen LogP contribution in [0.3, 0.4) is 0 Å². The van der Waals surface area contributed by atoms with Crippen LogP contribution in [-0.4, -0.2) is 16.3 Å². The zero-order chi connectivity index (χ0) is 4.41. The zero-order valence-electron chi connectivity index (χ0n) is 3.19. The third-order valence-electron chi connectivity index (χ3n) is 0.634. The minimum Gasteiger partial charge on any atom is -0.249 e.